The monoisotopic (exact) mass is 350 g/mol. The van der Waals surface area contributed by atoms with E-state index in [2.05, 4.69) is 21.2 Å². The number of hydrogen-bond donors (Lipinski definition) is 1. The van der Waals surface area contributed by atoms with Gasteiger partial charge < -0.3 is 10.2 Å². The summed E-state index contributed by atoms with van der Waals surface area (Å²) >= 11 is 3.31. The second-order valence-electron chi connectivity index (χ2n) is 4.66. The minimum absolute atomic E-state index is 0. The predicted molar refractivity (Wildman–Crippen MR) is 79.5 cm³/mol. The summed E-state index contributed by atoms with van der Waals surface area (Å²) in [6.07, 6.45) is 0. The lowest BCUT2D eigenvalue weighted by atomic mass is 10.1. The van der Waals surface area contributed by atoms with Crippen molar-refractivity contribution in [3.8, 4) is 0 Å². The highest BCUT2D eigenvalue weighted by Crippen LogP contribution is 2.25. The van der Waals surface area contributed by atoms with Gasteiger partial charge in [0.2, 0.25) is 0 Å². The van der Waals surface area contributed by atoms with Crippen molar-refractivity contribution in [2.24, 2.45) is 0 Å². The molecule has 106 valence electrons. The van der Waals surface area contributed by atoms with Gasteiger partial charge in [-0.3, -0.25) is 4.79 Å². The number of carbonyl (C=O) groups is 1. The van der Waals surface area contributed by atoms with Crippen molar-refractivity contribution in [3.63, 3.8) is 0 Å². The van der Waals surface area contributed by atoms with Gasteiger partial charge in [0.25, 0.3) is 5.91 Å². The molecule has 0 aliphatic carbocycles. The molecule has 0 saturated carbocycles. The molecule has 19 heavy (non-hydrogen) atoms. The number of amides is 1. The van der Waals surface area contributed by atoms with Crippen LogP contribution in [0.25, 0.3) is 0 Å². The fourth-order valence-electron chi connectivity index (χ4n) is 2.13. The van der Waals surface area contributed by atoms with Crippen molar-refractivity contribution in [1.29, 1.82) is 0 Å². The van der Waals surface area contributed by atoms with Crippen LogP contribution >= 0.6 is 28.3 Å². The van der Waals surface area contributed by atoms with E-state index in [9.17, 15) is 9.18 Å². The Bertz CT molecular complexity index is 484. The Kier molecular flexibility index (Phi) is 5.77. The molecule has 2 rings (SSSR count). The number of benzene rings is 1. The molecule has 0 aromatic heterocycles. The highest BCUT2D eigenvalue weighted by Gasteiger charge is 2.26. The van der Waals surface area contributed by atoms with E-state index in [4.69, 9.17) is 0 Å². The molecule has 1 saturated heterocycles. The number of aryl methyl sites for hydroxylation is 1. The summed E-state index contributed by atoms with van der Waals surface area (Å²) in [5, 5.41) is 3.26. The Morgan fingerprint density at radius 1 is 1.53 bits per heavy atom. The molecule has 1 aliphatic heterocycles. The van der Waals surface area contributed by atoms with Gasteiger partial charge in [-0.25, -0.2) is 4.39 Å². The van der Waals surface area contributed by atoms with Gasteiger partial charge in [-0.05, 0) is 41.4 Å². The molecule has 0 unspecified atom stereocenters. The minimum Gasteiger partial charge on any atom is -0.336 e. The van der Waals surface area contributed by atoms with Crippen LogP contribution in [0.2, 0.25) is 0 Å². The fourth-order valence-corrected chi connectivity index (χ4v) is 2.62. The molecule has 1 fully saturated rings. The lowest BCUT2D eigenvalue weighted by molar-refractivity contribution is 0.0703. The molecule has 1 N–H and O–H groups in total. The molecule has 1 amide bonds. The molecule has 1 aliphatic rings. The van der Waals surface area contributed by atoms with E-state index in [1.54, 1.807) is 11.0 Å². The highest BCUT2D eigenvalue weighted by molar-refractivity contribution is 9.10. The first-order chi connectivity index (χ1) is 8.50. The Morgan fingerprint density at radius 2 is 2.21 bits per heavy atom. The molecule has 3 nitrogen and oxygen atoms in total. The van der Waals surface area contributed by atoms with E-state index < -0.39 is 5.82 Å². The van der Waals surface area contributed by atoms with E-state index in [0.29, 0.717) is 17.6 Å². The summed E-state index contributed by atoms with van der Waals surface area (Å²) < 4.78 is 14.4. The Morgan fingerprint density at radius 3 is 2.84 bits per heavy atom. The summed E-state index contributed by atoms with van der Waals surface area (Å²) in [6.45, 7) is 5.83. The van der Waals surface area contributed by atoms with Gasteiger partial charge in [-0.15, -0.1) is 12.4 Å². The standard InChI is InChI=1S/C13H16BrFN2O.ClH/c1-8-3-4-10(15)11(12(8)14)13(18)17-6-5-16-9(2)7-17;/h3-4,9,16H,5-7H2,1-2H3;1H/t9-;/m1./s1. The van der Waals surface area contributed by atoms with Crippen LogP contribution in [0.5, 0.6) is 0 Å². The number of halogens is 3. The van der Waals surface area contributed by atoms with Gasteiger partial charge in [0.05, 0.1) is 5.56 Å². The number of piperazine rings is 1. The Balaban J connectivity index is 0.00000180. The maximum atomic E-state index is 13.8. The summed E-state index contributed by atoms with van der Waals surface area (Å²) in [6, 6.07) is 3.25. The maximum absolute atomic E-state index is 13.8. The number of nitrogens with zero attached hydrogens (tertiary/aromatic N) is 1. The van der Waals surface area contributed by atoms with E-state index in [-0.39, 0.29) is 29.9 Å². The minimum atomic E-state index is -0.469. The topological polar surface area (TPSA) is 32.3 Å². The summed E-state index contributed by atoms with van der Waals surface area (Å²) in [5.41, 5.74) is 1.01. The Hall–Kier alpha value is -0.650. The normalized spacial score (nSPS) is 18.9. The molecule has 0 radical (unpaired) electrons. The third kappa shape index (κ3) is 3.46. The number of hydrogen-bond acceptors (Lipinski definition) is 2. The van der Waals surface area contributed by atoms with Crippen LogP contribution in [0, 0.1) is 12.7 Å². The smallest absolute Gasteiger partial charge is 0.258 e. The third-order valence-corrected chi connectivity index (χ3v) is 4.18. The van der Waals surface area contributed by atoms with Crippen LogP contribution in [0.15, 0.2) is 16.6 Å². The largest absolute Gasteiger partial charge is 0.336 e. The predicted octanol–water partition coefficient (Wildman–Crippen LogP) is 2.75. The molecular weight excluding hydrogens is 335 g/mol. The number of nitrogens with one attached hydrogen (secondary N) is 1. The average molecular weight is 352 g/mol. The summed E-state index contributed by atoms with van der Waals surface area (Å²) in [4.78, 5) is 14.1. The zero-order valence-electron chi connectivity index (χ0n) is 10.9. The van der Waals surface area contributed by atoms with Gasteiger partial charge in [0.15, 0.2) is 0 Å². The average Bonchev–Trinajstić information content (AvgIpc) is 2.34. The van der Waals surface area contributed by atoms with Crippen molar-refractivity contribution in [1.82, 2.24) is 10.2 Å². The molecule has 1 aromatic carbocycles. The van der Waals surface area contributed by atoms with Crippen LogP contribution in [-0.4, -0.2) is 36.5 Å². The van der Waals surface area contributed by atoms with Gasteiger partial charge in [-0.2, -0.15) is 0 Å². The lowest BCUT2D eigenvalue weighted by Crippen LogP contribution is -2.51. The van der Waals surface area contributed by atoms with Gasteiger partial charge in [0, 0.05) is 30.1 Å². The Labute approximate surface area is 127 Å². The van der Waals surface area contributed by atoms with Crippen LogP contribution in [-0.2, 0) is 0 Å². The maximum Gasteiger partial charge on any atom is 0.258 e. The fraction of sp³-hybridized carbons (Fsp3) is 0.462. The summed E-state index contributed by atoms with van der Waals surface area (Å²) in [5.74, 6) is -0.708. The van der Waals surface area contributed by atoms with Gasteiger partial charge >= 0.3 is 0 Å². The molecule has 1 atom stereocenters. The van der Waals surface area contributed by atoms with Crippen molar-refractivity contribution in [3.05, 3.63) is 33.5 Å². The number of rotatable bonds is 1. The first kappa shape index (κ1) is 16.4. The highest BCUT2D eigenvalue weighted by atomic mass is 79.9. The molecule has 1 aromatic rings. The second-order valence-corrected chi connectivity index (χ2v) is 5.45. The van der Waals surface area contributed by atoms with Crippen molar-refractivity contribution in [2.75, 3.05) is 19.6 Å². The quantitative estimate of drug-likeness (QED) is 0.844. The van der Waals surface area contributed by atoms with Crippen LogP contribution in [0.4, 0.5) is 4.39 Å². The SMILES string of the molecule is Cc1ccc(F)c(C(=O)N2CCN[C@H](C)C2)c1Br.Cl. The van der Waals surface area contributed by atoms with E-state index in [1.807, 2.05) is 13.8 Å². The molecule has 0 bridgehead atoms. The molecule has 0 spiro atoms. The first-order valence-corrected chi connectivity index (χ1v) is 6.77. The van der Waals surface area contributed by atoms with Crippen LogP contribution in [0.3, 0.4) is 0 Å². The van der Waals surface area contributed by atoms with Gasteiger partial charge in [-0.1, -0.05) is 6.07 Å². The second kappa shape index (κ2) is 6.68. The van der Waals surface area contributed by atoms with E-state index in [0.717, 1.165) is 12.1 Å². The molecular formula is C13H17BrClFN2O. The summed E-state index contributed by atoms with van der Waals surface area (Å²) in [7, 11) is 0. The third-order valence-electron chi connectivity index (χ3n) is 3.15. The number of carbonyl (C=O) groups excluding carboxylic acids is 1. The van der Waals surface area contributed by atoms with Crippen molar-refractivity contribution in [2.45, 2.75) is 19.9 Å². The zero-order valence-corrected chi connectivity index (χ0v) is 13.3. The molecule has 1 heterocycles. The van der Waals surface area contributed by atoms with E-state index >= 15 is 0 Å². The lowest BCUT2D eigenvalue weighted by Gasteiger charge is -2.32. The van der Waals surface area contributed by atoms with Crippen molar-refractivity contribution < 1.29 is 9.18 Å². The zero-order chi connectivity index (χ0) is 13.3. The first-order valence-electron chi connectivity index (χ1n) is 5.98. The van der Waals surface area contributed by atoms with Gasteiger partial charge in [0.1, 0.15) is 5.82 Å². The van der Waals surface area contributed by atoms with Crippen LogP contribution in [0.1, 0.15) is 22.8 Å². The van der Waals surface area contributed by atoms with Crippen molar-refractivity contribution >= 4 is 34.2 Å². The van der Waals surface area contributed by atoms with E-state index in [1.165, 1.54) is 6.07 Å². The van der Waals surface area contributed by atoms with Crippen LogP contribution < -0.4 is 5.32 Å². The molecule has 6 heteroatoms.